The number of nitrogens with one attached hydrogen (secondary N) is 4. The van der Waals surface area contributed by atoms with Crippen LogP contribution in [-0.2, 0) is 4.74 Å². The van der Waals surface area contributed by atoms with Crippen LogP contribution in [0.4, 0.5) is 10.5 Å². The molecule has 0 spiro atoms. The van der Waals surface area contributed by atoms with Crippen molar-refractivity contribution in [1.29, 1.82) is 0 Å². The molecule has 0 radical (unpaired) electrons. The number of carbonyl (C=O) groups excluding carboxylic acids is 3. The molecule has 0 saturated carbocycles. The highest BCUT2D eigenvalue weighted by Crippen LogP contribution is 2.30. The third-order valence-corrected chi connectivity index (χ3v) is 8.58. The standard InChI is InChI=1S/C34H35Cl2N7O5/c1-20(39-34(47)40-30-27(35)18-37-19-28(30)36)26-17-29(41-42-32(26)45)22-8-6-7-21(13-22)23-14-24(16-25(15-23)33(46)48-2)31(44)38-9-12-43-10-4-3-5-11-43/h6-8,13-20H,3-5,9-12H2,1-2H3,(H,38,44)(H,42,45)(H2,37,39,40,47). The average molecular weight is 693 g/mol. The fraction of sp³-hybridized carbons (Fsp3) is 0.294. The zero-order valence-electron chi connectivity index (χ0n) is 26.4. The van der Waals surface area contributed by atoms with Gasteiger partial charge < -0.3 is 25.6 Å². The number of likely N-dealkylation sites (tertiary alicyclic amines) is 1. The number of urea groups is 1. The first-order valence-electron chi connectivity index (χ1n) is 15.4. The average Bonchev–Trinajstić information content (AvgIpc) is 3.10. The number of amides is 3. The largest absolute Gasteiger partial charge is 0.465 e. The molecule has 1 fully saturated rings. The SMILES string of the molecule is COC(=O)c1cc(C(=O)NCCN2CCCCC2)cc(-c2cccc(-c3cc(C(C)NC(=O)Nc4c(Cl)cncc4Cl)c(=O)[nH]n3)c2)c1. The lowest BCUT2D eigenvalue weighted by molar-refractivity contribution is 0.0600. The van der Waals surface area contributed by atoms with Crippen molar-refractivity contribution in [2.24, 2.45) is 0 Å². The number of methoxy groups -OCH3 is 1. The van der Waals surface area contributed by atoms with Crippen molar-refractivity contribution < 1.29 is 19.1 Å². The molecule has 5 rings (SSSR count). The van der Waals surface area contributed by atoms with E-state index in [9.17, 15) is 19.2 Å². The van der Waals surface area contributed by atoms with Crippen LogP contribution in [0.2, 0.25) is 10.0 Å². The molecule has 1 unspecified atom stereocenters. The zero-order chi connectivity index (χ0) is 34.2. The summed E-state index contributed by atoms with van der Waals surface area (Å²) < 4.78 is 4.96. The van der Waals surface area contributed by atoms with Crippen LogP contribution < -0.4 is 21.5 Å². The van der Waals surface area contributed by atoms with E-state index >= 15 is 0 Å². The van der Waals surface area contributed by atoms with Gasteiger partial charge in [0.1, 0.15) is 0 Å². The number of piperidine rings is 1. The van der Waals surface area contributed by atoms with Crippen LogP contribution in [0.1, 0.15) is 58.5 Å². The van der Waals surface area contributed by atoms with Gasteiger partial charge in [-0.25, -0.2) is 14.7 Å². The second-order valence-corrected chi connectivity index (χ2v) is 12.2. The molecule has 2 aromatic carbocycles. The highest BCUT2D eigenvalue weighted by Gasteiger charge is 2.19. The maximum atomic E-state index is 13.2. The number of pyridine rings is 1. The third kappa shape index (κ3) is 8.57. The topological polar surface area (TPSA) is 158 Å². The van der Waals surface area contributed by atoms with Gasteiger partial charge in [0.2, 0.25) is 0 Å². The third-order valence-electron chi connectivity index (χ3n) is 8.01. The van der Waals surface area contributed by atoms with Crippen LogP contribution >= 0.6 is 23.2 Å². The van der Waals surface area contributed by atoms with Crippen LogP contribution in [-0.4, -0.2) is 71.3 Å². The summed E-state index contributed by atoms with van der Waals surface area (Å²) in [7, 11) is 1.29. The number of rotatable bonds is 10. The van der Waals surface area contributed by atoms with Crippen LogP contribution in [0, 0.1) is 0 Å². The van der Waals surface area contributed by atoms with Crippen molar-refractivity contribution in [2.75, 3.05) is 38.6 Å². The zero-order valence-corrected chi connectivity index (χ0v) is 28.0. The Labute approximate surface area is 287 Å². The van der Waals surface area contributed by atoms with E-state index in [0.717, 1.165) is 19.6 Å². The van der Waals surface area contributed by atoms with E-state index in [2.05, 4.69) is 36.0 Å². The number of esters is 1. The van der Waals surface area contributed by atoms with E-state index in [-0.39, 0.29) is 32.8 Å². The van der Waals surface area contributed by atoms with Crippen LogP contribution in [0.3, 0.4) is 0 Å². The van der Waals surface area contributed by atoms with E-state index < -0.39 is 23.6 Å². The molecule has 1 aliphatic rings. The summed E-state index contributed by atoms with van der Waals surface area (Å²) in [6, 6.07) is 12.4. The summed E-state index contributed by atoms with van der Waals surface area (Å²) in [5.74, 6) is -0.859. The second-order valence-electron chi connectivity index (χ2n) is 11.4. The number of aromatic amines is 1. The molecular weight excluding hydrogens is 657 g/mol. The Balaban J connectivity index is 1.36. The summed E-state index contributed by atoms with van der Waals surface area (Å²) in [5.41, 5.74) is 2.92. The Morgan fingerprint density at radius 3 is 2.40 bits per heavy atom. The summed E-state index contributed by atoms with van der Waals surface area (Å²) in [4.78, 5) is 57.4. The van der Waals surface area contributed by atoms with Gasteiger partial charge in [0.25, 0.3) is 11.5 Å². The highest BCUT2D eigenvalue weighted by atomic mass is 35.5. The number of hydrogen-bond acceptors (Lipinski definition) is 8. The van der Waals surface area contributed by atoms with Gasteiger partial charge in [-0.3, -0.25) is 14.6 Å². The Morgan fingerprint density at radius 2 is 1.67 bits per heavy atom. The molecule has 4 aromatic rings. The van der Waals surface area contributed by atoms with Gasteiger partial charge in [-0.05, 0) is 74.3 Å². The predicted octanol–water partition coefficient (Wildman–Crippen LogP) is 5.69. The minimum Gasteiger partial charge on any atom is -0.465 e. The first kappa shape index (κ1) is 34.6. The van der Waals surface area contributed by atoms with Crippen LogP contribution in [0.25, 0.3) is 22.4 Å². The minimum atomic E-state index is -0.731. The summed E-state index contributed by atoms with van der Waals surface area (Å²) in [5, 5.41) is 15.3. The fourth-order valence-corrected chi connectivity index (χ4v) is 5.94. The lowest BCUT2D eigenvalue weighted by atomic mass is 9.97. The number of hydrogen-bond donors (Lipinski definition) is 4. The minimum absolute atomic E-state index is 0.159. The highest BCUT2D eigenvalue weighted by molar-refractivity contribution is 6.39. The number of anilines is 1. The maximum absolute atomic E-state index is 13.2. The van der Waals surface area contributed by atoms with Crippen molar-refractivity contribution in [3.05, 3.63) is 98.0 Å². The normalized spacial score (nSPS) is 13.8. The molecule has 12 nitrogen and oxygen atoms in total. The van der Waals surface area contributed by atoms with Crippen molar-refractivity contribution in [3.8, 4) is 22.4 Å². The van der Waals surface area contributed by atoms with Gasteiger partial charge in [-0.15, -0.1) is 0 Å². The van der Waals surface area contributed by atoms with Gasteiger partial charge in [0.15, 0.2) is 0 Å². The molecule has 1 atom stereocenters. The number of H-pyrrole nitrogens is 1. The summed E-state index contributed by atoms with van der Waals surface area (Å²) in [6.07, 6.45) is 6.26. The molecule has 2 aromatic heterocycles. The number of nitrogens with zero attached hydrogens (tertiary/aromatic N) is 3. The maximum Gasteiger partial charge on any atom is 0.337 e. The number of aromatic nitrogens is 3. The number of carbonyl (C=O) groups is 3. The lowest BCUT2D eigenvalue weighted by Gasteiger charge is -2.26. The smallest absolute Gasteiger partial charge is 0.337 e. The molecule has 3 heterocycles. The van der Waals surface area contributed by atoms with Gasteiger partial charge >= 0.3 is 12.0 Å². The molecule has 0 bridgehead atoms. The Kier molecular flexibility index (Phi) is 11.4. The van der Waals surface area contributed by atoms with Gasteiger partial charge in [-0.2, -0.15) is 5.10 Å². The number of ether oxygens (including phenoxy) is 1. The molecule has 14 heteroatoms. The number of benzene rings is 2. The molecule has 1 saturated heterocycles. The van der Waals surface area contributed by atoms with E-state index in [1.54, 1.807) is 31.2 Å². The van der Waals surface area contributed by atoms with E-state index in [4.69, 9.17) is 27.9 Å². The van der Waals surface area contributed by atoms with Gasteiger partial charge in [-0.1, -0.05) is 47.8 Å². The molecule has 4 N–H and O–H groups in total. The number of halogens is 2. The fourth-order valence-electron chi connectivity index (χ4n) is 5.48. The quantitative estimate of drug-likeness (QED) is 0.154. The molecule has 48 heavy (non-hydrogen) atoms. The molecule has 1 aliphatic heterocycles. The lowest BCUT2D eigenvalue weighted by Crippen LogP contribution is -2.37. The van der Waals surface area contributed by atoms with E-state index in [0.29, 0.717) is 34.5 Å². The first-order valence-corrected chi connectivity index (χ1v) is 16.2. The van der Waals surface area contributed by atoms with Crippen LogP contribution in [0.5, 0.6) is 0 Å². The predicted molar refractivity (Wildman–Crippen MR) is 185 cm³/mol. The van der Waals surface area contributed by atoms with Crippen molar-refractivity contribution in [2.45, 2.75) is 32.2 Å². The van der Waals surface area contributed by atoms with E-state index in [1.807, 2.05) is 18.2 Å². The second kappa shape index (κ2) is 15.9. The molecule has 250 valence electrons. The monoisotopic (exact) mass is 691 g/mol. The Bertz CT molecular complexity index is 1860. The van der Waals surface area contributed by atoms with Crippen LogP contribution in [0.15, 0.2) is 65.7 Å². The summed E-state index contributed by atoms with van der Waals surface area (Å²) >= 11 is 12.2. The van der Waals surface area contributed by atoms with Crippen molar-refractivity contribution >= 4 is 46.8 Å². The van der Waals surface area contributed by atoms with Crippen molar-refractivity contribution in [1.82, 2.24) is 30.7 Å². The van der Waals surface area contributed by atoms with Crippen molar-refractivity contribution in [3.63, 3.8) is 0 Å². The molecule has 0 aliphatic carbocycles. The Morgan fingerprint density at radius 1 is 0.958 bits per heavy atom. The van der Waals surface area contributed by atoms with Gasteiger partial charge in [0, 0.05) is 42.2 Å². The molecular formula is C34H35Cl2N7O5. The first-order chi connectivity index (χ1) is 23.1. The summed E-state index contributed by atoms with van der Waals surface area (Å²) in [6.45, 7) is 4.96. The molecule has 3 amide bonds. The van der Waals surface area contributed by atoms with Gasteiger partial charge in [0.05, 0.1) is 40.1 Å². The Hall–Kier alpha value is -4.78. The van der Waals surface area contributed by atoms with E-state index in [1.165, 1.54) is 44.8 Å².